The normalized spacial score (nSPS) is 15.7. The molecule has 0 fully saturated rings. The Labute approximate surface area is 213 Å². The second-order valence-electron chi connectivity index (χ2n) is 8.60. The molecule has 8 nitrogen and oxygen atoms in total. The Kier molecular flexibility index (Phi) is 7.93. The van der Waals surface area contributed by atoms with E-state index >= 15 is 0 Å². The van der Waals surface area contributed by atoms with Crippen LogP contribution in [0, 0.1) is 6.92 Å². The van der Waals surface area contributed by atoms with Crippen molar-refractivity contribution in [3.8, 4) is 17.3 Å². The van der Waals surface area contributed by atoms with Gasteiger partial charge in [0.2, 0.25) is 11.8 Å². The van der Waals surface area contributed by atoms with Gasteiger partial charge in [0.25, 0.3) is 0 Å². The number of anilines is 1. The molecule has 1 aliphatic rings. The molecule has 0 aromatic carbocycles. The van der Waals surface area contributed by atoms with Gasteiger partial charge in [-0.15, -0.1) is 0 Å². The van der Waals surface area contributed by atoms with E-state index in [-0.39, 0.29) is 22.9 Å². The largest absolute Gasteiger partial charge is 0.417 e. The molecule has 0 aliphatic carbocycles. The first-order valence-electron chi connectivity index (χ1n) is 11.7. The molecular weight excluding hydrogens is 490 g/mol. The van der Waals surface area contributed by atoms with E-state index in [1.807, 2.05) is 13.8 Å². The van der Waals surface area contributed by atoms with Crippen LogP contribution in [-0.2, 0) is 11.2 Å². The molecule has 1 N–H and O–H groups in total. The summed E-state index contributed by atoms with van der Waals surface area (Å²) in [5, 5.41) is 3.69. The number of pyridine rings is 2. The average molecular weight is 517 g/mol. The second-order valence-corrected chi connectivity index (χ2v) is 9.01. The summed E-state index contributed by atoms with van der Waals surface area (Å²) in [6.45, 7) is 3.44. The molecule has 36 heavy (non-hydrogen) atoms. The number of aryl methyl sites for hydroxylation is 2. The Hall–Kier alpha value is -3.40. The zero-order chi connectivity index (χ0) is 25.8. The first-order chi connectivity index (χ1) is 17.3. The number of ether oxygens (including phenoxy) is 1. The lowest BCUT2D eigenvalue weighted by Crippen LogP contribution is -2.43. The highest BCUT2D eigenvalue weighted by atomic mass is 35.5. The van der Waals surface area contributed by atoms with Crippen LogP contribution in [0.2, 0.25) is 5.02 Å². The number of rotatable bonds is 8. The smallest absolute Gasteiger partial charge is 0.388 e. The fourth-order valence-electron chi connectivity index (χ4n) is 4.33. The highest BCUT2D eigenvalue weighted by Crippen LogP contribution is 2.31. The number of carbonyl (C=O) groups excluding carboxylic acids is 1. The number of hydrogen-bond donors (Lipinski definition) is 1. The van der Waals surface area contributed by atoms with Gasteiger partial charge in [-0.2, -0.15) is 8.78 Å². The van der Waals surface area contributed by atoms with Crippen LogP contribution in [0.15, 0.2) is 36.8 Å². The van der Waals surface area contributed by atoms with Crippen molar-refractivity contribution in [1.82, 2.24) is 24.8 Å². The lowest BCUT2D eigenvalue weighted by Gasteiger charge is -2.33. The van der Waals surface area contributed by atoms with Crippen LogP contribution < -0.4 is 10.1 Å². The van der Waals surface area contributed by atoms with Crippen LogP contribution in [0.1, 0.15) is 43.0 Å². The van der Waals surface area contributed by atoms with Crippen molar-refractivity contribution in [3.05, 3.63) is 58.6 Å². The molecule has 3 aromatic rings. The third-order valence-electron chi connectivity index (χ3n) is 6.24. The summed E-state index contributed by atoms with van der Waals surface area (Å²) >= 11 is 6.23. The monoisotopic (exact) mass is 516 g/mol. The van der Waals surface area contributed by atoms with Crippen LogP contribution >= 0.6 is 11.6 Å². The number of nitrogens with one attached hydrogen (secondary N) is 1. The minimum absolute atomic E-state index is 0.00460. The SMILES string of the molecule is CCN(C[C@H]1CCc2cc(-c3ncccn3)c(C)nc2N1)C(=O)[C@H](C)c1cc(OC(F)F)ncc1Cl. The van der Waals surface area contributed by atoms with Crippen LogP contribution in [0.25, 0.3) is 11.4 Å². The molecule has 0 spiro atoms. The first kappa shape index (κ1) is 25.7. The predicted molar refractivity (Wildman–Crippen MR) is 132 cm³/mol. The van der Waals surface area contributed by atoms with Gasteiger partial charge in [-0.05, 0) is 56.9 Å². The van der Waals surface area contributed by atoms with Gasteiger partial charge in [0.05, 0.1) is 16.6 Å². The lowest BCUT2D eigenvalue weighted by molar-refractivity contribution is -0.132. The number of aromatic nitrogens is 4. The molecule has 0 bridgehead atoms. The van der Waals surface area contributed by atoms with Gasteiger partial charge >= 0.3 is 6.61 Å². The molecule has 11 heteroatoms. The van der Waals surface area contributed by atoms with Crippen molar-refractivity contribution >= 4 is 23.3 Å². The van der Waals surface area contributed by atoms with Crippen molar-refractivity contribution in [2.45, 2.75) is 52.2 Å². The molecule has 3 aromatic heterocycles. The average Bonchev–Trinajstić information content (AvgIpc) is 2.87. The summed E-state index contributed by atoms with van der Waals surface area (Å²) in [6.07, 6.45) is 6.24. The Balaban J connectivity index is 1.47. The molecule has 4 heterocycles. The molecule has 0 radical (unpaired) electrons. The zero-order valence-corrected chi connectivity index (χ0v) is 21.0. The maximum atomic E-state index is 13.3. The van der Waals surface area contributed by atoms with E-state index < -0.39 is 12.5 Å². The summed E-state index contributed by atoms with van der Waals surface area (Å²) in [5.41, 5.74) is 3.19. The highest BCUT2D eigenvalue weighted by molar-refractivity contribution is 6.31. The minimum Gasteiger partial charge on any atom is -0.417 e. The first-order valence-corrected chi connectivity index (χ1v) is 12.1. The number of nitrogens with zero attached hydrogens (tertiary/aromatic N) is 5. The minimum atomic E-state index is -3.02. The lowest BCUT2D eigenvalue weighted by atomic mass is 9.97. The fraction of sp³-hybridized carbons (Fsp3) is 0.400. The van der Waals surface area contributed by atoms with Crippen molar-refractivity contribution < 1.29 is 18.3 Å². The van der Waals surface area contributed by atoms with Crippen molar-refractivity contribution in [2.24, 2.45) is 0 Å². The van der Waals surface area contributed by atoms with Crippen molar-refractivity contribution in [2.75, 3.05) is 18.4 Å². The fourth-order valence-corrected chi connectivity index (χ4v) is 4.60. The van der Waals surface area contributed by atoms with E-state index in [0.717, 1.165) is 35.5 Å². The molecule has 2 atom stereocenters. The Bertz CT molecular complexity index is 1230. The Morgan fingerprint density at radius 1 is 1.28 bits per heavy atom. The number of amides is 1. The maximum Gasteiger partial charge on any atom is 0.388 e. The van der Waals surface area contributed by atoms with Crippen molar-refractivity contribution in [3.63, 3.8) is 0 Å². The van der Waals surface area contributed by atoms with E-state index in [1.54, 1.807) is 30.3 Å². The summed E-state index contributed by atoms with van der Waals surface area (Å²) in [4.78, 5) is 32.2. The topological polar surface area (TPSA) is 93.1 Å². The van der Waals surface area contributed by atoms with E-state index in [1.165, 1.54) is 12.3 Å². The summed E-state index contributed by atoms with van der Waals surface area (Å²) < 4.78 is 29.6. The Morgan fingerprint density at radius 3 is 2.72 bits per heavy atom. The third kappa shape index (κ3) is 5.70. The van der Waals surface area contributed by atoms with E-state index in [2.05, 4.69) is 31.1 Å². The highest BCUT2D eigenvalue weighted by Gasteiger charge is 2.28. The standard InChI is InChI=1S/C25H27ClF2N6O2/c1-4-34(24(35)14(2)18-11-21(36-25(27)28)31-12-20(18)26)13-17-7-6-16-10-19(15(3)32-22(16)33-17)23-29-8-5-9-30-23/h5,8-12,14,17,25H,4,6-7,13H2,1-3H3,(H,32,33)/t14-,17-/m1/s1. The number of likely N-dealkylation sites (N-methyl/N-ethyl adjacent to an activating group) is 1. The molecular formula is C25H27ClF2N6O2. The molecule has 190 valence electrons. The summed E-state index contributed by atoms with van der Waals surface area (Å²) in [7, 11) is 0. The predicted octanol–water partition coefficient (Wildman–Crippen LogP) is 4.88. The molecule has 1 aliphatic heterocycles. The van der Waals surface area contributed by atoms with E-state index in [9.17, 15) is 13.6 Å². The molecule has 0 saturated carbocycles. The molecule has 4 rings (SSSR count). The van der Waals surface area contributed by atoms with Crippen LogP contribution in [-0.4, -0.2) is 56.5 Å². The Morgan fingerprint density at radius 2 is 2.03 bits per heavy atom. The molecule has 0 saturated heterocycles. The van der Waals surface area contributed by atoms with Gasteiger partial charge in [-0.1, -0.05) is 11.6 Å². The number of alkyl halides is 2. The summed E-state index contributed by atoms with van der Waals surface area (Å²) in [6, 6.07) is 5.15. The number of halogens is 3. The van der Waals surface area contributed by atoms with Crippen LogP contribution in [0.4, 0.5) is 14.6 Å². The van der Waals surface area contributed by atoms with Gasteiger partial charge in [0.1, 0.15) is 5.82 Å². The van der Waals surface area contributed by atoms with Gasteiger partial charge in [-0.25, -0.2) is 19.9 Å². The van der Waals surface area contributed by atoms with Crippen LogP contribution in [0.5, 0.6) is 5.88 Å². The summed E-state index contributed by atoms with van der Waals surface area (Å²) in [5.74, 6) is 0.332. The van der Waals surface area contributed by atoms with E-state index in [0.29, 0.717) is 24.5 Å². The quantitative estimate of drug-likeness (QED) is 0.456. The number of hydrogen-bond acceptors (Lipinski definition) is 7. The maximum absolute atomic E-state index is 13.3. The van der Waals surface area contributed by atoms with E-state index in [4.69, 9.17) is 16.6 Å². The van der Waals surface area contributed by atoms with Crippen LogP contribution in [0.3, 0.4) is 0 Å². The molecule has 1 amide bonds. The third-order valence-corrected chi connectivity index (χ3v) is 6.56. The number of carbonyl (C=O) groups is 1. The zero-order valence-electron chi connectivity index (χ0n) is 20.2. The van der Waals surface area contributed by atoms with Gasteiger partial charge in [0, 0.05) is 49.4 Å². The van der Waals surface area contributed by atoms with Gasteiger partial charge in [0.15, 0.2) is 5.82 Å². The molecule has 0 unspecified atom stereocenters. The van der Waals surface area contributed by atoms with Crippen molar-refractivity contribution in [1.29, 1.82) is 0 Å². The second kappa shape index (κ2) is 11.1. The van der Waals surface area contributed by atoms with Gasteiger partial charge < -0.3 is 15.0 Å². The number of fused-ring (bicyclic) bond motifs is 1. The van der Waals surface area contributed by atoms with Gasteiger partial charge in [-0.3, -0.25) is 4.79 Å².